The van der Waals surface area contributed by atoms with Crippen LogP contribution in [0.4, 0.5) is 0 Å². The highest BCUT2D eigenvalue weighted by Gasteiger charge is 2.20. The Kier molecular flexibility index (Phi) is 3.61. The molecule has 0 aliphatic heterocycles. The Morgan fingerprint density at radius 2 is 2.20 bits per heavy atom. The summed E-state index contributed by atoms with van der Waals surface area (Å²) in [5, 5.41) is 8.75. The number of fused-ring (bicyclic) bond motifs is 1. The SMILES string of the molecule is COC(=O)c1cc(Cl)c2nnc(CC3CCCC3)n2c1. The molecule has 1 fully saturated rings. The zero-order valence-corrected chi connectivity index (χ0v) is 12.1. The van der Waals surface area contributed by atoms with Gasteiger partial charge < -0.3 is 4.74 Å². The highest BCUT2D eigenvalue weighted by molar-refractivity contribution is 6.33. The molecule has 2 heterocycles. The predicted molar refractivity (Wildman–Crippen MR) is 75.0 cm³/mol. The normalized spacial score (nSPS) is 15.9. The maximum atomic E-state index is 11.7. The number of halogens is 1. The molecule has 0 bridgehead atoms. The number of carbonyl (C=O) groups excluding carboxylic acids is 1. The second-order valence-electron chi connectivity index (χ2n) is 5.23. The van der Waals surface area contributed by atoms with Crippen molar-refractivity contribution in [3.63, 3.8) is 0 Å². The monoisotopic (exact) mass is 293 g/mol. The molecular weight excluding hydrogens is 278 g/mol. The van der Waals surface area contributed by atoms with Crippen molar-refractivity contribution in [3.8, 4) is 0 Å². The standard InChI is InChI=1S/C14H16ClN3O2/c1-20-14(19)10-7-11(15)13-17-16-12(18(13)8-10)6-9-4-2-3-5-9/h7-9H,2-6H2,1H3. The maximum absolute atomic E-state index is 11.7. The number of nitrogens with zero attached hydrogens (tertiary/aromatic N) is 3. The van der Waals surface area contributed by atoms with Crippen LogP contribution in [0, 0.1) is 5.92 Å². The molecule has 0 N–H and O–H groups in total. The van der Waals surface area contributed by atoms with Gasteiger partial charge in [-0.25, -0.2) is 4.79 Å². The van der Waals surface area contributed by atoms with E-state index in [0.29, 0.717) is 22.2 Å². The Bertz CT molecular complexity index is 647. The highest BCUT2D eigenvalue weighted by Crippen LogP contribution is 2.28. The lowest BCUT2D eigenvalue weighted by Crippen LogP contribution is -2.07. The minimum Gasteiger partial charge on any atom is -0.465 e. The smallest absolute Gasteiger partial charge is 0.339 e. The zero-order chi connectivity index (χ0) is 14.1. The first kappa shape index (κ1) is 13.4. The van der Waals surface area contributed by atoms with E-state index in [1.165, 1.54) is 32.8 Å². The van der Waals surface area contributed by atoms with Gasteiger partial charge in [0, 0.05) is 12.6 Å². The molecule has 0 atom stereocenters. The third-order valence-corrected chi connectivity index (χ3v) is 4.18. The Morgan fingerprint density at radius 1 is 1.45 bits per heavy atom. The lowest BCUT2D eigenvalue weighted by Gasteiger charge is -2.08. The maximum Gasteiger partial charge on any atom is 0.339 e. The van der Waals surface area contributed by atoms with Gasteiger partial charge in [0.2, 0.25) is 0 Å². The molecule has 0 spiro atoms. The third kappa shape index (κ3) is 2.38. The summed E-state index contributed by atoms with van der Waals surface area (Å²) >= 11 is 6.16. The third-order valence-electron chi connectivity index (χ3n) is 3.90. The quantitative estimate of drug-likeness (QED) is 0.817. The van der Waals surface area contributed by atoms with Gasteiger partial charge >= 0.3 is 5.97 Å². The molecule has 6 heteroatoms. The molecule has 1 aliphatic rings. The van der Waals surface area contributed by atoms with Crippen LogP contribution in [0.2, 0.25) is 5.02 Å². The van der Waals surface area contributed by atoms with E-state index >= 15 is 0 Å². The Balaban J connectivity index is 2.00. The number of hydrogen-bond acceptors (Lipinski definition) is 4. The average molecular weight is 294 g/mol. The first-order valence-corrected chi connectivity index (χ1v) is 7.18. The summed E-state index contributed by atoms with van der Waals surface area (Å²) in [5.41, 5.74) is 1.00. The van der Waals surface area contributed by atoms with Crippen LogP contribution in [0.5, 0.6) is 0 Å². The first-order chi connectivity index (χ1) is 9.69. The summed E-state index contributed by atoms with van der Waals surface area (Å²) in [6.07, 6.45) is 7.63. The highest BCUT2D eigenvalue weighted by atomic mass is 35.5. The Hall–Kier alpha value is -1.62. The molecule has 3 rings (SSSR count). The van der Waals surface area contributed by atoms with Crippen molar-refractivity contribution in [3.05, 3.63) is 28.7 Å². The molecule has 106 valence electrons. The summed E-state index contributed by atoms with van der Waals surface area (Å²) in [7, 11) is 1.35. The number of esters is 1. The lowest BCUT2D eigenvalue weighted by molar-refractivity contribution is 0.0600. The van der Waals surface area contributed by atoms with Gasteiger partial charge in [-0.1, -0.05) is 37.3 Å². The molecule has 2 aromatic rings. The van der Waals surface area contributed by atoms with Gasteiger partial charge in [0.25, 0.3) is 0 Å². The van der Waals surface area contributed by atoms with Crippen molar-refractivity contribution < 1.29 is 9.53 Å². The fourth-order valence-corrected chi connectivity index (χ4v) is 3.09. The number of rotatable bonds is 3. The van der Waals surface area contributed by atoms with Gasteiger partial charge in [-0.05, 0) is 12.0 Å². The van der Waals surface area contributed by atoms with Gasteiger partial charge in [0.1, 0.15) is 5.82 Å². The summed E-state index contributed by atoms with van der Waals surface area (Å²) in [6.45, 7) is 0. The van der Waals surface area contributed by atoms with E-state index in [0.717, 1.165) is 12.2 Å². The van der Waals surface area contributed by atoms with E-state index in [2.05, 4.69) is 10.2 Å². The average Bonchev–Trinajstić information content (AvgIpc) is 3.09. The summed E-state index contributed by atoms with van der Waals surface area (Å²) < 4.78 is 6.55. The lowest BCUT2D eigenvalue weighted by atomic mass is 10.0. The van der Waals surface area contributed by atoms with Gasteiger partial charge in [0.15, 0.2) is 5.65 Å². The second kappa shape index (κ2) is 5.40. The van der Waals surface area contributed by atoms with Crippen LogP contribution in [0.25, 0.3) is 5.65 Å². The fraction of sp³-hybridized carbons (Fsp3) is 0.500. The Labute approximate surface area is 121 Å². The second-order valence-corrected chi connectivity index (χ2v) is 5.64. The van der Waals surface area contributed by atoms with Gasteiger partial charge in [-0.2, -0.15) is 0 Å². The van der Waals surface area contributed by atoms with Gasteiger partial charge in [-0.15, -0.1) is 10.2 Å². The number of aromatic nitrogens is 3. The van der Waals surface area contributed by atoms with E-state index < -0.39 is 5.97 Å². The Morgan fingerprint density at radius 3 is 2.90 bits per heavy atom. The van der Waals surface area contributed by atoms with Gasteiger partial charge in [0.05, 0.1) is 17.7 Å². The summed E-state index contributed by atoms with van der Waals surface area (Å²) in [6, 6.07) is 1.57. The summed E-state index contributed by atoms with van der Waals surface area (Å²) in [5.74, 6) is 1.11. The summed E-state index contributed by atoms with van der Waals surface area (Å²) in [4.78, 5) is 11.7. The molecule has 0 saturated heterocycles. The van der Waals surface area contributed by atoms with Crippen molar-refractivity contribution in [2.75, 3.05) is 7.11 Å². The molecule has 20 heavy (non-hydrogen) atoms. The van der Waals surface area contributed by atoms with Crippen LogP contribution in [-0.4, -0.2) is 27.7 Å². The molecule has 1 aliphatic carbocycles. The van der Waals surface area contributed by atoms with Crippen molar-refractivity contribution in [2.45, 2.75) is 32.1 Å². The van der Waals surface area contributed by atoms with E-state index in [1.807, 2.05) is 4.40 Å². The predicted octanol–water partition coefficient (Wildman–Crippen LogP) is 2.90. The zero-order valence-electron chi connectivity index (χ0n) is 11.3. The number of pyridine rings is 1. The van der Waals surface area contributed by atoms with E-state index in [4.69, 9.17) is 16.3 Å². The molecule has 0 unspecified atom stereocenters. The number of carbonyl (C=O) groups is 1. The molecule has 0 amide bonds. The van der Waals surface area contributed by atoms with Crippen LogP contribution >= 0.6 is 11.6 Å². The molecule has 5 nitrogen and oxygen atoms in total. The largest absolute Gasteiger partial charge is 0.465 e. The van der Waals surface area contributed by atoms with Crippen molar-refractivity contribution in [1.82, 2.24) is 14.6 Å². The van der Waals surface area contributed by atoms with Crippen molar-refractivity contribution in [1.29, 1.82) is 0 Å². The van der Waals surface area contributed by atoms with Crippen molar-refractivity contribution >= 4 is 23.2 Å². The van der Waals surface area contributed by atoms with E-state index in [9.17, 15) is 4.79 Å². The van der Waals surface area contributed by atoms with Crippen molar-refractivity contribution in [2.24, 2.45) is 5.92 Å². The molecule has 0 radical (unpaired) electrons. The van der Waals surface area contributed by atoms with Crippen LogP contribution in [0.3, 0.4) is 0 Å². The topological polar surface area (TPSA) is 56.5 Å². The van der Waals surface area contributed by atoms with Crippen LogP contribution < -0.4 is 0 Å². The van der Waals surface area contributed by atoms with Crippen LogP contribution in [-0.2, 0) is 11.2 Å². The van der Waals surface area contributed by atoms with Crippen LogP contribution in [0.15, 0.2) is 12.3 Å². The van der Waals surface area contributed by atoms with Gasteiger partial charge in [-0.3, -0.25) is 4.40 Å². The van der Waals surface area contributed by atoms with E-state index in [-0.39, 0.29) is 0 Å². The minimum absolute atomic E-state index is 0.408. The molecule has 0 aromatic carbocycles. The number of ether oxygens (including phenoxy) is 1. The first-order valence-electron chi connectivity index (χ1n) is 6.80. The fourth-order valence-electron chi connectivity index (χ4n) is 2.84. The molecular formula is C14H16ClN3O2. The number of methoxy groups -OCH3 is 1. The van der Waals surface area contributed by atoms with E-state index in [1.54, 1.807) is 12.3 Å². The van der Waals surface area contributed by atoms with Crippen LogP contribution in [0.1, 0.15) is 41.9 Å². The minimum atomic E-state index is -0.408. The molecule has 1 saturated carbocycles. The number of hydrogen-bond donors (Lipinski definition) is 0. The molecule has 2 aromatic heterocycles.